The Morgan fingerprint density at radius 2 is 1.77 bits per heavy atom. The van der Waals surface area contributed by atoms with E-state index in [0.717, 1.165) is 48.0 Å². The summed E-state index contributed by atoms with van der Waals surface area (Å²) in [5.41, 5.74) is 1.97. The molecule has 182 valence electrons. The number of fused-ring (bicyclic) bond motifs is 2. The Morgan fingerprint density at radius 3 is 2.60 bits per heavy atom. The number of nitrogens with zero attached hydrogens (tertiary/aromatic N) is 1. The van der Waals surface area contributed by atoms with Gasteiger partial charge >= 0.3 is 0 Å². The molecule has 1 atom stereocenters. The van der Waals surface area contributed by atoms with Gasteiger partial charge in [0, 0.05) is 27.4 Å². The molecular weight excluding hydrogens is 487 g/mol. The van der Waals surface area contributed by atoms with Crippen LogP contribution < -0.4 is 20.7 Å². The van der Waals surface area contributed by atoms with Gasteiger partial charge in [-0.3, -0.25) is 9.59 Å². The number of amides is 2. The molecule has 1 fully saturated rings. The number of ether oxygens (including phenoxy) is 1. The highest BCUT2D eigenvalue weighted by molar-refractivity contribution is 6.31. The number of benzene rings is 2. The summed E-state index contributed by atoms with van der Waals surface area (Å²) in [4.78, 5) is 29.9. The quantitative estimate of drug-likeness (QED) is 0.455. The Morgan fingerprint density at radius 1 is 1.00 bits per heavy atom. The summed E-state index contributed by atoms with van der Waals surface area (Å²) in [7, 11) is 0. The molecule has 0 spiro atoms. The molecule has 1 aliphatic heterocycles. The second-order valence-electron chi connectivity index (χ2n) is 9.06. The van der Waals surface area contributed by atoms with E-state index in [0.29, 0.717) is 28.8 Å². The summed E-state index contributed by atoms with van der Waals surface area (Å²) >= 11 is 12.0. The van der Waals surface area contributed by atoms with Crippen LogP contribution in [0, 0.1) is 5.92 Å². The fraction of sp³-hybridized carbons (Fsp3) is 0.346. The third kappa shape index (κ3) is 5.63. The van der Waals surface area contributed by atoms with Gasteiger partial charge in [0.25, 0.3) is 5.91 Å². The zero-order valence-electron chi connectivity index (χ0n) is 19.0. The average molecular weight is 513 g/mol. The lowest BCUT2D eigenvalue weighted by atomic mass is 9.85. The van der Waals surface area contributed by atoms with Crippen molar-refractivity contribution in [2.24, 2.45) is 5.92 Å². The molecule has 2 aliphatic rings. The largest absolute Gasteiger partial charge is 0.485 e. The first-order valence-electron chi connectivity index (χ1n) is 11.8. The Kier molecular flexibility index (Phi) is 6.97. The van der Waals surface area contributed by atoms with Crippen molar-refractivity contribution in [1.82, 2.24) is 15.6 Å². The number of hydrogen-bond donors (Lipinski definition) is 3. The van der Waals surface area contributed by atoms with Crippen molar-refractivity contribution in [2.75, 3.05) is 18.4 Å². The molecule has 9 heteroatoms. The third-order valence-corrected chi connectivity index (χ3v) is 7.05. The van der Waals surface area contributed by atoms with Gasteiger partial charge in [0.05, 0.1) is 24.3 Å². The lowest BCUT2D eigenvalue weighted by molar-refractivity contribution is -0.126. The number of rotatable bonds is 5. The van der Waals surface area contributed by atoms with Crippen molar-refractivity contribution >= 4 is 51.6 Å². The molecule has 3 aromatic rings. The summed E-state index contributed by atoms with van der Waals surface area (Å²) in [5.74, 6) is 0.517. The smallest absolute Gasteiger partial charge is 0.270 e. The number of pyridine rings is 1. The summed E-state index contributed by atoms with van der Waals surface area (Å²) < 4.78 is 5.96. The van der Waals surface area contributed by atoms with Gasteiger partial charge in [-0.15, -0.1) is 0 Å². The van der Waals surface area contributed by atoms with Gasteiger partial charge in [0.15, 0.2) is 0 Å². The van der Waals surface area contributed by atoms with Crippen LogP contribution in [0.3, 0.4) is 0 Å². The van der Waals surface area contributed by atoms with E-state index in [1.165, 1.54) is 0 Å². The maximum Gasteiger partial charge on any atom is 0.270 e. The molecule has 2 amide bonds. The molecule has 2 aromatic carbocycles. The monoisotopic (exact) mass is 512 g/mol. The predicted molar refractivity (Wildman–Crippen MR) is 137 cm³/mol. The molecule has 1 aliphatic carbocycles. The average Bonchev–Trinajstić information content (AvgIpc) is 2.87. The fourth-order valence-electron chi connectivity index (χ4n) is 4.64. The zero-order chi connectivity index (χ0) is 24.4. The maximum atomic E-state index is 12.7. The van der Waals surface area contributed by atoms with Crippen LogP contribution in [-0.2, 0) is 4.79 Å². The van der Waals surface area contributed by atoms with E-state index in [-0.39, 0.29) is 29.9 Å². The van der Waals surface area contributed by atoms with Crippen molar-refractivity contribution in [3.05, 3.63) is 64.3 Å². The molecule has 35 heavy (non-hydrogen) atoms. The van der Waals surface area contributed by atoms with Crippen LogP contribution in [0.4, 0.5) is 5.69 Å². The van der Waals surface area contributed by atoms with Crippen molar-refractivity contribution < 1.29 is 14.3 Å². The van der Waals surface area contributed by atoms with E-state index in [2.05, 4.69) is 20.9 Å². The minimum atomic E-state index is -0.196. The van der Waals surface area contributed by atoms with Crippen LogP contribution in [0.15, 0.2) is 48.5 Å². The second-order valence-corrected chi connectivity index (χ2v) is 9.93. The van der Waals surface area contributed by atoms with Gasteiger partial charge in [-0.1, -0.05) is 29.3 Å². The van der Waals surface area contributed by atoms with Crippen LogP contribution >= 0.6 is 23.2 Å². The molecule has 0 saturated heterocycles. The maximum absolute atomic E-state index is 12.7. The number of aromatic nitrogens is 1. The molecule has 1 saturated carbocycles. The molecule has 1 aromatic heterocycles. The van der Waals surface area contributed by atoms with E-state index in [1.807, 2.05) is 24.3 Å². The molecule has 2 heterocycles. The Bertz CT molecular complexity index is 1260. The highest BCUT2D eigenvalue weighted by Crippen LogP contribution is 2.31. The van der Waals surface area contributed by atoms with Crippen molar-refractivity contribution in [2.45, 2.75) is 37.8 Å². The Labute approximate surface area is 213 Å². The van der Waals surface area contributed by atoms with Crippen LogP contribution in [0.1, 0.15) is 36.2 Å². The lowest BCUT2D eigenvalue weighted by Crippen LogP contribution is -2.45. The number of hydrogen-bond acceptors (Lipinski definition) is 5. The van der Waals surface area contributed by atoms with Crippen molar-refractivity contribution in [3.8, 4) is 5.75 Å². The van der Waals surface area contributed by atoms with Gasteiger partial charge in [0.2, 0.25) is 5.91 Å². The van der Waals surface area contributed by atoms with Crippen molar-refractivity contribution in [1.29, 1.82) is 0 Å². The lowest BCUT2D eigenvalue weighted by Gasteiger charge is -2.30. The van der Waals surface area contributed by atoms with Crippen LogP contribution in [0.25, 0.3) is 10.9 Å². The Hall–Kier alpha value is -3.03. The van der Waals surface area contributed by atoms with Crippen molar-refractivity contribution in [3.63, 3.8) is 0 Å². The van der Waals surface area contributed by atoms with Gasteiger partial charge in [0.1, 0.15) is 17.5 Å². The number of halogens is 2. The second kappa shape index (κ2) is 10.3. The standard InChI is InChI=1S/C26H26Cl2N4O3/c27-17-4-9-21-16(11-17)3-8-22(32-21)26(34)31-19-6-1-15(2-7-19)25(33)30-14-20-13-29-23-12-18(28)5-10-24(23)35-20/h3-5,8-12,15,19-20,29H,1-2,6-7,13-14H2,(H,30,33)(H,31,34)/t15-,19-,20?. The fourth-order valence-corrected chi connectivity index (χ4v) is 5.00. The van der Waals surface area contributed by atoms with Crippen LogP contribution in [0.5, 0.6) is 5.75 Å². The molecule has 5 rings (SSSR count). The number of anilines is 1. The number of carbonyl (C=O) groups is 2. The normalized spacial score (nSPS) is 21.4. The summed E-state index contributed by atoms with van der Waals surface area (Å²) in [6, 6.07) is 14.4. The highest BCUT2D eigenvalue weighted by atomic mass is 35.5. The van der Waals surface area contributed by atoms with E-state index >= 15 is 0 Å². The van der Waals surface area contributed by atoms with Crippen LogP contribution in [-0.4, -0.2) is 42.0 Å². The summed E-state index contributed by atoms with van der Waals surface area (Å²) in [6.45, 7) is 1.03. The third-order valence-electron chi connectivity index (χ3n) is 6.58. The van der Waals surface area contributed by atoms with Gasteiger partial charge in [-0.05, 0) is 68.1 Å². The van der Waals surface area contributed by atoms with Gasteiger partial charge in [-0.2, -0.15) is 0 Å². The van der Waals surface area contributed by atoms with Gasteiger partial charge in [-0.25, -0.2) is 4.98 Å². The molecule has 1 unspecified atom stereocenters. The van der Waals surface area contributed by atoms with E-state index in [1.54, 1.807) is 24.3 Å². The predicted octanol–water partition coefficient (Wildman–Crippen LogP) is 4.82. The zero-order valence-corrected chi connectivity index (χ0v) is 20.5. The van der Waals surface area contributed by atoms with Gasteiger partial charge < -0.3 is 20.7 Å². The molecule has 7 nitrogen and oxygen atoms in total. The molecular formula is C26H26Cl2N4O3. The minimum Gasteiger partial charge on any atom is -0.485 e. The topological polar surface area (TPSA) is 92.4 Å². The number of nitrogens with one attached hydrogen (secondary N) is 3. The van der Waals surface area contributed by atoms with E-state index in [9.17, 15) is 9.59 Å². The number of carbonyl (C=O) groups excluding carboxylic acids is 2. The Balaban J connectivity index is 1.07. The molecule has 0 bridgehead atoms. The highest BCUT2D eigenvalue weighted by Gasteiger charge is 2.28. The molecule has 0 radical (unpaired) electrons. The van der Waals surface area contributed by atoms with E-state index < -0.39 is 0 Å². The molecule has 3 N–H and O–H groups in total. The first-order valence-corrected chi connectivity index (χ1v) is 12.5. The summed E-state index contributed by atoms with van der Waals surface area (Å²) in [5, 5.41) is 11.6. The SMILES string of the molecule is O=C(N[C@H]1CC[C@H](C(=O)NCC2CNc3cc(Cl)ccc3O2)CC1)c1ccc2cc(Cl)ccc2n1. The summed E-state index contributed by atoms with van der Waals surface area (Å²) in [6.07, 6.45) is 2.82. The first kappa shape index (κ1) is 23.7. The van der Waals surface area contributed by atoms with Crippen LogP contribution in [0.2, 0.25) is 10.0 Å². The first-order chi connectivity index (χ1) is 16.9. The van der Waals surface area contributed by atoms with E-state index in [4.69, 9.17) is 27.9 Å². The minimum absolute atomic E-state index is 0.0310.